The Morgan fingerprint density at radius 1 is 1.53 bits per heavy atom. The van der Waals surface area contributed by atoms with Crippen molar-refractivity contribution in [3.8, 4) is 0 Å². The number of aromatic nitrogens is 3. The molecule has 5 heteroatoms. The summed E-state index contributed by atoms with van der Waals surface area (Å²) >= 11 is 0. The topological polar surface area (TPSA) is 67.5 Å². The van der Waals surface area contributed by atoms with Crippen molar-refractivity contribution < 1.29 is 9.90 Å². The highest BCUT2D eigenvalue weighted by Crippen LogP contribution is 2.39. The largest absolute Gasteiger partial charge is 0.476 e. The maximum atomic E-state index is 10.9. The fraction of sp³-hybridized carbons (Fsp3) is 0.300. The Bertz CT molecular complexity index is 543. The summed E-state index contributed by atoms with van der Waals surface area (Å²) in [4.78, 5) is 14.7. The number of hydrogen-bond acceptors (Lipinski definition) is 3. The molecule has 1 fully saturated rings. The quantitative estimate of drug-likeness (QED) is 0.798. The molecule has 0 radical (unpaired) electrons. The summed E-state index contributed by atoms with van der Waals surface area (Å²) in [5.41, 5.74) is 1.62. The van der Waals surface area contributed by atoms with Gasteiger partial charge < -0.3 is 5.11 Å². The van der Waals surface area contributed by atoms with Crippen LogP contribution >= 0.6 is 0 Å². The highest BCUT2D eigenvalue weighted by molar-refractivity contribution is 5.93. The van der Waals surface area contributed by atoms with Crippen molar-refractivity contribution in [1.29, 1.82) is 0 Å². The van der Waals surface area contributed by atoms with Gasteiger partial charge in [0.05, 0.1) is 11.2 Å². The third-order valence-electron chi connectivity index (χ3n) is 2.61. The lowest BCUT2D eigenvalue weighted by Gasteiger charge is -1.95. The summed E-state index contributed by atoms with van der Waals surface area (Å²) in [6.45, 7) is 0. The normalized spacial score (nSPS) is 15.7. The molecule has 2 aromatic heterocycles. The molecule has 0 amide bonds. The maximum absolute atomic E-state index is 10.9. The van der Waals surface area contributed by atoms with Crippen molar-refractivity contribution in [2.75, 3.05) is 0 Å². The molecule has 0 atom stereocenters. The summed E-state index contributed by atoms with van der Waals surface area (Å²) in [5.74, 6) is -0.491. The second kappa shape index (κ2) is 2.79. The van der Waals surface area contributed by atoms with Crippen LogP contribution in [0.15, 0.2) is 18.5 Å². The van der Waals surface area contributed by atoms with Crippen LogP contribution in [0.25, 0.3) is 5.52 Å². The SMILES string of the molecule is O=C(O)c1nccn2nc(C3CC3)cc12. The molecule has 2 aromatic rings. The molecular weight excluding hydrogens is 194 g/mol. The lowest BCUT2D eigenvalue weighted by Crippen LogP contribution is -2.03. The average molecular weight is 203 g/mol. The summed E-state index contributed by atoms with van der Waals surface area (Å²) in [7, 11) is 0. The van der Waals surface area contributed by atoms with Gasteiger partial charge in [-0.05, 0) is 18.9 Å². The first-order valence-electron chi connectivity index (χ1n) is 4.83. The van der Waals surface area contributed by atoms with E-state index in [1.54, 1.807) is 10.7 Å². The van der Waals surface area contributed by atoms with Gasteiger partial charge in [0.2, 0.25) is 0 Å². The van der Waals surface area contributed by atoms with E-state index >= 15 is 0 Å². The zero-order valence-corrected chi connectivity index (χ0v) is 7.92. The number of carboxylic acid groups (broad SMARTS) is 1. The van der Waals surface area contributed by atoms with E-state index in [2.05, 4.69) is 10.1 Å². The van der Waals surface area contributed by atoms with Crippen LogP contribution in [0, 0.1) is 0 Å². The molecule has 1 saturated carbocycles. The number of fused-ring (bicyclic) bond motifs is 1. The van der Waals surface area contributed by atoms with Crippen molar-refractivity contribution in [2.24, 2.45) is 0 Å². The third-order valence-corrected chi connectivity index (χ3v) is 2.61. The van der Waals surface area contributed by atoms with E-state index in [9.17, 15) is 4.79 Å². The fourth-order valence-corrected chi connectivity index (χ4v) is 1.68. The van der Waals surface area contributed by atoms with Crippen LogP contribution < -0.4 is 0 Å². The first-order chi connectivity index (χ1) is 7.25. The third kappa shape index (κ3) is 1.27. The van der Waals surface area contributed by atoms with E-state index in [0.717, 1.165) is 18.5 Å². The summed E-state index contributed by atoms with van der Waals surface area (Å²) in [6, 6.07) is 1.83. The minimum Gasteiger partial charge on any atom is -0.476 e. The van der Waals surface area contributed by atoms with Crippen LogP contribution in [0.2, 0.25) is 0 Å². The smallest absolute Gasteiger partial charge is 0.356 e. The highest BCUT2D eigenvalue weighted by atomic mass is 16.4. The van der Waals surface area contributed by atoms with Crippen LogP contribution in [0.1, 0.15) is 34.9 Å². The van der Waals surface area contributed by atoms with Gasteiger partial charge in [0.25, 0.3) is 0 Å². The van der Waals surface area contributed by atoms with Crippen LogP contribution in [-0.2, 0) is 0 Å². The summed E-state index contributed by atoms with van der Waals surface area (Å²) < 4.78 is 1.59. The van der Waals surface area contributed by atoms with Crippen LogP contribution in [-0.4, -0.2) is 25.7 Å². The Morgan fingerprint density at radius 2 is 2.33 bits per heavy atom. The average Bonchev–Trinajstić information content (AvgIpc) is 2.96. The molecule has 0 unspecified atom stereocenters. The molecule has 15 heavy (non-hydrogen) atoms. The zero-order valence-electron chi connectivity index (χ0n) is 7.92. The van der Waals surface area contributed by atoms with Crippen LogP contribution in [0.5, 0.6) is 0 Å². The van der Waals surface area contributed by atoms with Gasteiger partial charge in [0.15, 0.2) is 5.69 Å². The molecule has 0 saturated heterocycles. The van der Waals surface area contributed by atoms with Crippen molar-refractivity contribution in [2.45, 2.75) is 18.8 Å². The van der Waals surface area contributed by atoms with Gasteiger partial charge in [-0.25, -0.2) is 14.3 Å². The molecule has 1 N–H and O–H groups in total. The monoisotopic (exact) mass is 203 g/mol. The number of nitrogens with zero attached hydrogens (tertiary/aromatic N) is 3. The number of carboxylic acids is 1. The first-order valence-corrected chi connectivity index (χ1v) is 4.83. The molecule has 3 rings (SSSR count). The number of carbonyl (C=O) groups is 1. The number of hydrogen-bond donors (Lipinski definition) is 1. The molecule has 0 bridgehead atoms. The lowest BCUT2D eigenvalue weighted by atomic mass is 10.2. The predicted octanol–water partition coefficient (Wildman–Crippen LogP) is 1.30. The second-order valence-electron chi connectivity index (χ2n) is 3.75. The Hall–Kier alpha value is -1.91. The van der Waals surface area contributed by atoms with Crippen molar-refractivity contribution >= 4 is 11.5 Å². The predicted molar refractivity (Wildman–Crippen MR) is 51.9 cm³/mol. The molecule has 1 aliphatic rings. The molecule has 1 aliphatic carbocycles. The number of aromatic carboxylic acids is 1. The molecule has 0 aliphatic heterocycles. The minimum atomic E-state index is -1.01. The van der Waals surface area contributed by atoms with Crippen LogP contribution in [0.3, 0.4) is 0 Å². The first kappa shape index (κ1) is 8.40. The molecule has 5 nitrogen and oxygen atoms in total. The van der Waals surface area contributed by atoms with Gasteiger partial charge in [-0.3, -0.25) is 0 Å². The number of rotatable bonds is 2. The van der Waals surface area contributed by atoms with Gasteiger partial charge in [0, 0.05) is 18.3 Å². The molecule has 76 valence electrons. The van der Waals surface area contributed by atoms with Gasteiger partial charge in [-0.1, -0.05) is 0 Å². The highest BCUT2D eigenvalue weighted by Gasteiger charge is 2.27. The van der Waals surface area contributed by atoms with E-state index < -0.39 is 5.97 Å². The van der Waals surface area contributed by atoms with Crippen molar-refractivity contribution in [3.63, 3.8) is 0 Å². The fourth-order valence-electron chi connectivity index (χ4n) is 1.68. The van der Waals surface area contributed by atoms with Gasteiger partial charge in [-0.2, -0.15) is 5.10 Å². The van der Waals surface area contributed by atoms with Crippen molar-refractivity contribution in [3.05, 3.63) is 29.8 Å². The summed E-state index contributed by atoms with van der Waals surface area (Å²) in [5, 5.41) is 13.3. The van der Waals surface area contributed by atoms with E-state index in [1.807, 2.05) is 6.07 Å². The second-order valence-corrected chi connectivity index (χ2v) is 3.75. The molecule has 0 spiro atoms. The Balaban J connectivity index is 2.23. The Kier molecular flexibility index (Phi) is 1.56. The zero-order chi connectivity index (χ0) is 10.4. The molecule has 0 aromatic carbocycles. The molecular formula is C10H9N3O2. The molecule has 2 heterocycles. The van der Waals surface area contributed by atoms with Gasteiger partial charge >= 0.3 is 5.97 Å². The minimum absolute atomic E-state index is 0.0666. The summed E-state index contributed by atoms with van der Waals surface area (Å²) in [6.07, 6.45) is 5.44. The Labute approximate surface area is 85.4 Å². The maximum Gasteiger partial charge on any atom is 0.356 e. The standard InChI is InChI=1S/C10H9N3O2/c14-10(15)9-8-5-7(6-1-2-6)12-13(8)4-3-11-9/h3-6H,1-2H2,(H,14,15). The lowest BCUT2D eigenvalue weighted by molar-refractivity contribution is 0.0692. The van der Waals surface area contributed by atoms with Gasteiger partial charge in [-0.15, -0.1) is 0 Å². The van der Waals surface area contributed by atoms with E-state index in [-0.39, 0.29) is 5.69 Å². The van der Waals surface area contributed by atoms with E-state index in [0.29, 0.717) is 11.4 Å². The van der Waals surface area contributed by atoms with E-state index in [1.165, 1.54) is 6.20 Å². The van der Waals surface area contributed by atoms with Crippen LogP contribution in [0.4, 0.5) is 0 Å². The van der Waals surface area contributed by atoms with Gasteiger partial charge in [0.1, 0.15) is 0 Å². The Morgan fingerprint density at radius 3 is 3.00 bits per heavy atom. The van der Waals surface area contributed by atoms with Crippen molar-refractivity contribution in [1.82, 2.24) is 14.6 Å². The van der Waals surface area contributed by atoms with E-state index in [4.69, 9.17) is 5.11 Å².